The number of phenols is 1. The minimum Gasteiger partial charge on any atom is -0.507 e. The number of amides is 1. The SMILES string of the molecule is CCOC(=O)N1CCN(c2nc(-c3c(O)cccc3F)nc3cc(C)ccc23)CC1. The molecule has 1 aliphatic rings. The van der Waals surface area contributed by atoms with E-state index in [0.29, 0.717) is 44.1 Å². The van der Waals surface area contributed by atoms with E-state index in [-0.39, 0.29) is 23.2 Å². The van der Waals surface area contributed by atoms with E-state index in [1.807, 2.05) is 25.1 Å². The van der Waals surface area contributed by atoms with Crippen molar-refractivity contribution in [1.29, 1.82) is 0 Å². The summed E-state index contributed by atoms with van der Waals surface area (Å²) in [6, 6.07) is 9.97. The molecule has 1 aromatic heterocycles. The minimum absolute atomic E-state index is 0.0210. The zero-order chi connectivity index (χ0) is 21.3. The fraction of sp³-hybridized carbons (Fsp3) is 0.318. The molecular weight excluding hydrogens is 387 g/mol. The van der Waals surface area contributed by atoms with Crippen LogP contribution in [-0.4, -0.2) is 58.9 Å². The van der Waals surface area contributed by atoms with E-state index in [1.165, 1.54) is 18.2 Å². The molecule has 4 rings (SSSR count). The summed E-state index contributed by atoms with van der Waals surface area (Å²) in [5, 5.41) is 11.1. The van der Waals surface area contributed by atoms with Gasteiger partial charge in [0.1, 0.15) is 17.4 Å². The molecule has 156 valence electrons. The predicted molar refractivity (Wildman–Crippen MR) is 112 cm³/mol. The largest absolute Gasteiger partial charge is 0.507 e. The topological polar surface area (TPSA) is 78.8 Å². The Bertz CT molecular complexity index is 1080. The van der Waals surface area contributed by atoms with Crippen molar-refractivity contribution in [2.24, 2.45) is 0 Å². The van der Waals surface area contributed by atoms with Crippen molar-refractivity contribution >= 4 is 22.8 Å². The van der Waals surface area contributed by atoms with Crippen LogP contribution >= 0.6 is 0 Å². The lowest BCUT2D eigenvalue weighted by molar-refractivity contribution is 0.105. The summed E-state index contributed by atoms with van der Waals surface area (Å²) in [6.07, 6.45) is -0.322. The van der Waals surface area contributed by atoms with Crippen LogP contribution in [0.25, 0.3) is 22.3 Å². The molecule has 30 heavy (non-hydrogen) atoms. The van der Waals surface area contributed by atoms with Crippen LogP contribution in [0.5, 0.6) is 5.75 Å². The van der Waals surface area contributed by atoms with Gasteiger partial charge in [-0.1, -0.05) is 12.1 Å². The average Bonchev–Trinajstić information content (AvgIpc) is 2.73. The van der Waals surface area contributed by atoms with Crippen molar-refractivity contribution in [3.8, 4) is 17.1 Å². The van der Waals surface area contributed by atoms with Crippen LogP contribution in [0.15, 0.2) is 36.4 Å². The first-order valence-electron chi connectivity index (χ1n) is 9.91. The number of carbonyl (C=O) groups is 1. The minimum atomic E-state index is -0.583. The van der Waals surface area contributed by atoms with E-state index in [9.17, 15) is 14.3 Å². The standard InChI is InChI=1S/C22H23FN4O3/c1-3-30-22(29)27-11-9-26(10-12-27)21-15-8-7-14(2)13-17(15)24-20(25-21)19-16(23)5-4-6-18(19)28/h4-8,13,28H,3,9-12H2,1-2H3. The van der Waals surface area contributed by atoms with Gasteiger partial charge in [0, 0.05) is 31.6 Å². The number of fused-ring (bicyclic) bond motifs is 1. The zero-order valence-corrected chi connectivity index (χ0v) is 16.9. The van der Waals surface area contributed by atoms with E-state index in [2.05, 4.69) is 14.9 Å². The molecule has 0 bridgehead atoms. The van der Waals surface area contributed by atoms with E-state index in [1.54, 1.807) is 11.8 Å². The number of benzene rings is 2. The fourth-order valence-electron chi connectivity index (χ4n) is 3.63. The maximum Gasteiger partial charge on any atom is 0.409 e. The summed E-state index contributed by atoms with van der Waals surface area (Å²) >= 11 is 0. The maximum absolute atomic E-state index is 14.5. The molecule has 0 spiro atoms. The average molecular weight is 410 g/mol. The van der Waals surface area contributed by atoms with Gasteiger partial charge < -0.3 is 19.6 Å². The lowest BCUT2D eigenvalue weighted by Crippen LogP contribution is -2.49. The molecule has 3 aromatic rings. The third-order valence-electron chi connectivity index (χ3n) is 5.15. The van der Waals surface area contributed by atoms with Crippen LogP contribution in [0.2, 0.25) is 0 Å². The van der Waals surface area contributed by atoms with Gasteiger partial charge in [-0.3, -0.25) is 0 Å². The highest BCUT2D eigenvalue weighted by atomic mass is 19.1. The molecule has 1 aliphatic heterocycles. The second-order valence-electron chi connectivity index (χ2n) is 7.20. The summed E-state index contributed by atoms with van der Waals surface area (Å²) in [5.74, 6) is -0.00662. The quantitative estimate of drug-likeness (QED) is 0.709. The number of carbonyl (C=O) groups excluding carboxylic acids is 1. The van der Waals surface area contributed by atoms with Gasteiger partial charge >= 0.3 is 6.09 Å². The first kappa shape index (κ1) is 19.9. The number of aryl methyl sites for hydroxylation is 1. The number of piperazine rings is 1. The van der Waals surface area contributed by atoms with Crippen LogP contribution in [0.1, 0.15) is 12.5 Å². The lowest BCUT2D eigenvalue weighted by atomic mass is 10.1. The smallest absolute Gasteiger partial charge is 0.409 e. The van der Waals surface area contributed by atoms with Crippen molar-refractivity contribution in [3.05, 3.63) is 47.8 Å². The van der Waals surface area contributed by atoms with Crippen LogP contribution in [0, 0.1) is 12.7 Å². The molecule has 0 saturated carbocycles. The first-order valence-corrected chi connectivity index (χ1v) is 9.91. The molecule has 8 heteroatoms. The Kier molecular flexibility index (Phi) is 5.39. The Morgan fingerprint density at radius 3 is 2.63 bits per heavy atom. The molecule has 0 radical (unpaired) electrons. The number of aromatic nitrogens is 2. The number of hydrogen-bond donors (Lipinski definition) is 1. The number of nitrogens with zero attached hydrogens (tertiary/aromatic N) is 4. The Balaban J connectivity index is 1.75. The Labute approximate surface area is 173 Å². The van der Waals surface area contributed by atoms with Gasteiger partial charge in [0.15, 0.2) is 5.82 Å². The molecule has 2 aromatic carbocycles. The van der Waals surface area contributed by atoms with Crippen molar-refractivity contribution in [2.75, 3.05) is 37.7 Å². The van der Waals surface area contributed by atoms with Crippen LogP contribution < -0.4 is 4.90 Å². The summed E-state index contributed by atoms with van der Waals surface area (Å²) in [6.45, 7) is 6.18. The van der Waals surface area contributed by atoms with E-state index in [0.717, 1.165) is 10.9 Å². The van der Waals surface area contributed by atoms with Gasteiger partial charge in [0.25, 0.3) is 0 Å². The molecule has 1 N–H and O–H groups in total. The van der Waals surface area contributed by atoms with Gasteiger partial charge in [-0.25, -0.2) is 19.2 Å². The number of phenolic OH excluding ortho intramolecular Hbond substituents is 1. The molecule has 1 fully saturated rings. The molecule has 0 aliphatic carbocycles. The summed E-state index contributed by atoms with van der Waals surface area (Å²) in [5.41, 5.74) is 1.67. The van der Waals surface area contributed by atoms with E-state index in [4.69, 9.17) is 4.74 Å². The maximum atomic E-state index is 14.5. The van der Waals surface area contributed by atoms with Crippen molar-refractivity contribution in [1.82, 2.24) is 14.9 Å². The normalized spacial score (nSPS) is 14.2. The van der Waals surface area contributed by atoms with Crippen molar-refractivity contribution in [3.63, 3.8) is 0 Å². The molecule has 7 nitrogen and oxygen atoms in total. The molecule has 0 unspecified atom stereocenters. The Morgan fingerprint density at radius 2 is 1.93 bits per heavy atom. The summed E-state index contributed by atoms with van der Waals surface area (Å²) in [4.78, 5) is 24.9. The van der Waals surface area contributed by atoms with Gasteiger partial charge in [-0.05, 0) is 43.7 Å². The number of halogens is 1. The number of aromatic hydroxyl groups is 1. The third-order valence-corrected chi connectivity index (χ3v) is 5.15. The zero-order valence-electron chi connectivity index (χ0n) is 16.9. The second kappa shape index (κ2) is 8.14. The number of anilines is 1. The number of hydrogen-bond acceptors (Lipinski definition) is 6. The third kappa shape index (κ3) is 3.72. The van der Waals surface area contributed by atoms with Crippen LogP contribution in [-0.2, 0) is 4.74 Å². The number of ether oxygens (including phenoxy) is 1. The van der Waals surface area contributed by atoms with Crippen molar-refractivity contribution < 1.29 is 19.0 Å². The second-order valence-corrected chi connectivity index (χ2v) is 7.20. The molecular formula is C22H23FN4O3. The molecule has 1 saturated heterocycles. The van der Waals surface area contributed by atoms with Gasteiger partial charge in [-0.15, -0.1) is 0 Å². The highest BCUT2D eigenvalue weighted by Crippen LogP contribution is 2.34. The van der Waals surface area contributed by atoms with Crippen LogP contribution in [0.4, 0.5) is 15.0 Å². The summed E-state index contributed by atoms with van der Waals surface area (Å²) in [7, 11) is 0. The predicted octanol–water partition coefficient (Wildman–Crippen LogP) is 3.73. The molecule has 2 heterocycles. The van der Waals surface area contributed by atoms with Gasteiger partial charge in [-0.2, -0.15) is 0 Å². The Morgan fingerprint density at radius 1 is 1.17 bits per heavy atom. The highest BCUT2D eigenvalue weighted by molar-refractivity contribution is 5.92. The lowest BCUT2D eigenvalue weighted by Gasteiger charge is -2.35. The van der Waals surface area contributed by atoms with E-state index >= 15 is 0 Å². The fourth-order valence-corrected chi connectivity index (χ4v) is 3.63. The Hall–Kier alpha value is -3.42. The van der Waals surface area contributed by atoms with Gasteiger partial charge in [0.05, 0.1) is 17.7 Å². The number of rotatable bonds is 3. The van der Waals surface area contributed by atoms with Crippen molar-refractivity contribution in [2.45, 2.75) is 13.8 Å². The van der Waals surface area contributed by atoms with Gasteiger partial charge in [0.2, 0.25) is 0 Å². The summed E-state index contributed by atoms with van der Waals surface area (Å²) < 4.78 is 19.6. The molecule has 0 atom stereocenters. The van der Waals surface area contributed by atoms with E-state index < -0.39 is 5.82 Å². The van der Waals surface area contributed by atoms with Crippen LogP contribution in [0.3, 0.4) is 0 Å². The molecule has 1 amide bonds. The highest BCUT2D eigenvalue weighted by Gasteiger charge is 2.25. The first-order chi connectivity index (χ1) is 14.5. The monoisotopic (exact) mass is 410 g/mol.